The first-order chi connectivity index (χ1) is 11.5. The Kier molecular flexibility index (Phi) is 6.72. The minimum absolute atomic E-state index is 0.0208. The molecule has 0 amide bonds. The molecule has 2 aromatic rings. The van der Waals surface area contributed by atoms with E-state index in [1.807, 2.05) is 32.0 Å². The molecular formula is C18H20Cl2FNO2. The van der Waals surface area contributed by atoms with Gasteiger partial charge in [-0.2, -0.15) is 0 Å². The Morgan fingerprint density at radius 3 is 2.54 bits per heavy atom. The van der Waals surface area contributed by atoms with Crippen molar-refractivity contribution in [3.63, 3.8) is 0 Å². The van der Waals surface area contributed by atoms with Crippen LogP contribution in [0.2, 0.25) is 10.0 Å². The van der Waals surface area contributed by atoms with Crippen LogP contribution in [0.15, 0.2) is 30.3 Å². The average molecular weight is 372 g/mol. The van der Waals surface area contributed by atoms with E-state index in [9.17, 15) is 4.39 Å². The van der Waals surface area contributed by atoms with Crippen molar-refractivity contribution in [1.82, 2.24) is 5.32 Å². The molecule has 0 fully saturated rings. The summed E-state index contributed by atoms with van der Waals surface area (Å²) in [5.41, 5.74) is 1.69. The Hall–Kier alpha value is -1.49. The third kappa shape index (κ3) is 4.53. The number of rotatable bonds is 7. The van der Waals surface area contributed by atoms with Crippen molar-refractivity contribution in [2.24, 2.45) is 0 Å². The summed E-state index contributed by atoms with van der Waals surface area (Å²) in [6, 6.07) is 8.38. The highest BCUT2D eigenvalue weighted by Crippen LogP contribution is 2.30. The van der Waals surface area contributed by atoms with Crippen LogP contribution in [0.1, 0.15) is 31.0 Å². The minimum atomic E-state index is -0.479. The summed E-state index contributed by atoms with van der Waals surface area (Å²) in [4.78, 5) is 0. The fourth-order valence-electron chi connectivity index (χ4n) is 2.35. The van der Waals surface area contributed by atoms with Crippen LogP contribution < -0.4 is 14.8 Å². The summed E-state index contributed by atoms with van der Waals surface area (Å²) in [6.07, 6.45) is 0. The molecule has 0 saturated heterocycles. The summed E-state index contributed by atoms with van der Waals surface area (Å²) >= 11 is 11.9. The van der Waals surface area contributed by atoms with Crippen molar-refractivity contribution in [3.8, 4) is 11.5 Å². The highest BCUT2D eigenvalue weighted by atomic mass is 35.5. The monoisotopic (exact) mass is 371 g/mol. The highest BCUT2D eigenvalue weighted by molar-refractivity contribution is 6.35. The second kappa shape index (κ2) is 8.56. The molecule has 0 aromatic heterocycles. The molecule has 0 aliphatic carbocycles. The van der Waals surface area contributed by atoms with Gasteiger partial charge in [-0.1, -0.05) is 29.3 Å². The normalized spacial score (nSPS) is 12.1. The fourth-order valence-corrected chi connectivity index (χ4v) is 2.90. The summed E-state index contributed by atoms with van der Waals surface area (Å²) in [5.74, 6) is 0.909. The second-order valence-electron chi connectivity index (χ2n) is 5.31. The molecule has 0 bridgehead atoms. The number of benzene rings is 2. The number of hydrogen-bond donors (Lipinski definition) is 1. The van der Waals surface area contributed by atoms with Crippen molar-refractivity contribution < 1.29 is 13.9 Å². The van der Waals surface area contributed by atoms with E-state index in [1.54, 1.807) is 7.11 Å². The molecule has 130 valence electrons. The maximum Gasteiger partial charge on any atom is 0.161 e. The first-order valence-corrected chi connectivity index (χ1v) is 8.39. The topological polar surface area (TPSA) is 30.5 Å². The Labute approximate surface area is 151 Å². The van der Waals surface area contributed by atoms with E-state index in [1.165, 1.54) is 12.1 Å². The number of nitrogens with one attached hydrogen (secondary N) is 1. The molecule has 2 aromatic carbocycles. The Morgan fingerprint density at radius 2 is 1.88 bits per heavy atom. The van der Waals surface area contributed by atoms with Gasteiger partial charge in [0.15, 0.2) is 11.5 Å². The lowest BCUT2D eigenvalue weighted by Crippen LogP contribution is -2.18. The predicted octanol–water partition coefficient (Wildman–Crippen LogP) is 5.39. The molecule has 3 nitrogen and oxygen atoms in total. The molecule has 0 saturated carbocycles. The van der Waals surface area contributed by atoms with Crippen molar-refractivity contribution in [3.05, 3.63) is 57.3 Å². The number of halogens is 3. The Morgan fingerprint density at radius 1 is 1.12 bits per heavy atom. The van der Waals surface area contributed by atoms with Crippen LogP contribution in [0.25, 0.3) is 0 Å². The molecule has 1 unspecified atom stereocenters. The van der Waals surface area contributed by atoms with Crippen molar-refractivity contribution in [1.29, 1.82) is 0 Å². The van der Waals surface area contributed by atoms with Gasteiger partial charge in [0.25, 0.3) is 0 Å². The van der Waals surface area contributed by atoms with Gasteiger partial charge in [-0.15, -0.1) is 0 Å². The SMILES string of the molecule is CCOc1cc(CNC(C)c2cc(F)c(Cl)cc2Cl)ccc1OC. The van der Waals surface area contributed by atoms with E-state index < -0.39 is 5.82 Å². The van der Waals surface area contributed by atoms with Crippen LogP contribution in [-0.2, 0) is 6.54 Å². The summed E-state index contributed by atoms with van der Waals surface area (Å²) < 4.78 is 24.5. The number of ether oxygens (including phenoxy) is 2. The largest absolute Gasteiger partial charge is 0.493 e. The molecule has 24 heavy (non-hydrogen) atoms. The van der Waals surface area contributed by atoms with Gasteiger partial charge >= 0.3 is 0 Å². The lowest BCUT2D eigenvalue weighted by Gasteiger charge is -2.17. The van der Waals surface area contributed by atoms with E-state index in [-0.39, 0.29) is 11.1 Å². The number of hydrogen-bond acceptors (Lipinski definition) is 3. The molecule has 0 radical (unpaired) electrons. The van der Waals surface area contributed by atoms with Gasteiger partial charge in [-0.3, -0.25) is 0 Å². The van der Waals surface area contributed by atoms with Gasteiger partial charge in [0.2, 0.25) is 0 Å². The Bertz CT molecular complexity index is 710. The van der Waals surface area contributed by atoms with Crippen LogP contribution in [0, 0.1) is 5.82 Å². The number of methoxy groups -OCH3 is 1. The smallest absolute Gasteiger partial charge is 0.161 e. The van der Waals surface area contributed by atoms with Crippen LogP contribution in [0.5, 0.6) is 11.5 Å². The van der Waals surface area contributed by atoms with Crippen LogP contribution >= 0.6 is 23.2 Å². The molecule has 1 atom stereocenters. The van der Waals surface area contributed by atoms with Crippen molar-refractivity contribution in [2.45, 2.75) is 26.4 Å². The summed E-state index contributed by atoms with van der Waals surface area (Å²) in [7, 11) is 1.61. The summed E-state index contributed by atoms with van der Waals surface area (Å²) in [6.45, 7) is 4.97. The van der Waals surface area contributed by atoms with Crippen LogP contribution in [0.3, 0.4) is 0 Å². The van der Waals surface area contributed by atoms with E-state index in [0.29, 0.717) is 35.2 Å². The standard InChI is InChI=1S/C18H20Cl2FNO2/c1-4-24-18-7-12(5-6-17(18)23-3)10-22-11(2)13-8-16(21)15(20)9-14(13)19/h5-9,11,22H,4,10H2,1-3H3. The van der Waals surface area contributed by atoms with Gasteiger partial charge in [-0.25, -0.2) is 4.39 Å². The van der Waals surface area contributed by atoms with Gasteiger partial charge in [0.1, 0.15) is 5.82 Å². The molecular weight excluding hydrogens is 352 g/mol. The second-order valence-corrected chi connectivity index (χ2v) is 6.12. The molecule has 6 heteroatoms. The molecule has 1 N–H and O–H groups in total. The fraction of sp³-hybridized carbons (Fsp3) is 0.333. The van der Waals surface area contributed by atoms with Crippen LogP contribution in [-0.4, -0.2) is 13.7 Å². The Balaban J connectivity index is 2.10. The minimum Gasteiger partial charge on any atom is -0.493 e. The zero-order valence-electron chi connectivity index (χ0n) is 13.8. The zero-order valence-corrected chi connectivity index (χ0v) is 15.3. The zero-order chi connectivity index (χ0) is 17.7. The maximum atomic E-state index is 13.7. The third-order valence-electron chi connectivity index (χ3n) is 3.65. The first-order valence-electron chi connectivity index (χ1n) is 7.63. The quantitative estimate of drug-likeness (QED) is 0.661. The molecule has 0 aliphatic heterocycles. The lowest BCUT2D eigenvalue weighted by molar-refractivity contribution is 0.310. The van der Waals surface area contributed by atoms with Gasteiger partial charge in [0, 0.05) is 17.6 Å². The average Bonchev–Trinajstić information content (AvgIpc) is 2.56. The summed E-state index contributed by atoms with van der Waals surface area (Å²) in [5, 5.41) is 3.78. The van der Waals surface area contributed by atoms with Crippen molar-refractivity contribution >= 4 is 23.2 Å². The molecule has 0 heterocycles. The van der Waals surface area contributed by atoms with Crippen LogP contribution in [0.4, 0.5) is 4.39 Å². The third-order valence-corrected chi connectivity index (χ3v) is 4.26. The first kappa shape index (κ1) is 18.8. The predicted molar refractivity (Wildman–Crippen MR) is 95.8 cm³/mol. The van der Waals surface area contributed by atoms with E-state index >= 15 is 0 Å². The van der Waals surface area contributed by atoms with E-state index in [4.69, 9.17) is 32.7 Å². The molecule has 2 rings (SSSR count). The van der Waals surface area contributed by atoms with Gasteiger partial charge in [0.05, 0.1) is 18.7 Å². The van der Waals surface area contributed by atoms with Crippen molar-refractivity contribution in [2.75, 3.05) is 13.7 Å². The van der Waals surface area contributed by atoms with E-state index in [0.717, 1.165) is 5.56 Å². The molecule has 0 aliphatic rings. The van der Waals surface area contributed by atoms with Gasteiger partial charge < -0.3 is 14.8 Å². The van der Waals surface area contributed by atoms with Gasteiger partial charge in [-0.05, 0) is 49.2 Å². The highest BCUT2D eigenvalue weighted by Gasteiger charge is 2.14. The molecule has 0 spiro atoms. The maximum absolute atomic E-state index is 13.7. The van der Waals surface area contributed by atoms with E-state index in [2.05, 4.69) is 5.32 Å². The lowest BCUT2D eigenvalue weighted by atomic mass is 10.1.